The van der Waals surface area contributed by atoms with Gasteiger partial charge in [0.1, 0.15) is 24.4 Å². The largest absolute Gasteiger partial charge is 0.454 e. The number of esters is 1. The van der Waals surface area contributed by atoms with Gasteiger partial charge in [-0.3, -0.25) is 9.59 Å². The highest BCUT2D eigenvalue weighted by atomic mass is 16.7. The molecule has 0 radical (unpaired) electrons. The second-order valence-electron chi connectivity index (χ2n) is 25.3. The maximum Gasteiger partial charge on any atom is 0.306 e. The van der Waals surface area contributed by atoms with Crippen LogP contribution in [0.25, 0.3) is 0 Å². The average molecular weight is 1180 g/mol. The SMILES string of the molecule is CCCCCCCC/C=C/CCCCCCCCCCCCCCCCC(O)C(=O)NC(COC1OC(CO)C(O)C(O)C1OC(=O)CCCCCCCCCCCCCCCCCCC)C(O)/C=C/CCCCCCCCCCCCC. The van der Waals surface area contributed by atoms with Crippen LogP contribution in [0, 0.1) is 0 Å². The number of amides is 1. The summed E-state index contributed by atoms with van der Waals surface area (Å²) in [4.78, 5) is 26.7. The van der Waals surface area contributed by atoms with Gasteiger partial charge in [-0.15, -0.1) is 0 Å². The van der Waals surface area contributed by atoms with Crippen molar-refractivity contribution in [1.82, 2.24) is 5.32 Å². The molecule has 6 N–H and O–H groups in total. The molecule has 8 atom stereocenters. The summed E-state index contributed by atoms with van der Waals surface area (Å²) in [6, 6.07) is -1.02. The van der Waals surface area contributed by atoms with E-state index in [9.17, 15) is 35.1 Å². The smallest absolute Gasteiger partial charge is 0.306 e. The highest BCUT2D eigenvalue weighted by Gasteiger charge is 2.47. The van der Waals surface area contributed by atoms with E-state index >= 15 is 0 Å². The van der Waals surface area contributed by atoms with E-state index in [1.165, 1.54) is 257 Å². The first-order chi connectivity index (χ1) is 40.7. The summed E-state index contributed by atoms with van der Waals surface area (Å²) >= 11 is 0. The summed E-state index contributed by atoms with van der Waals surface area (Å²) in [5.74, 6) is -1.17. The molecule has 1 saturated heterocycles. The van der Waals surface area contributed by atoms with Crippen LogP contribution in [-0.4, -0.2) is 99.6 Å². The van der Waals surface area contributed by atoms with Gasteiger partial charge in [0, 0.05) is 6.42 Å². The standard InChI is InChI=1S/C72H137NO10/c1-4-7-10-13-16-19-22-25-27-29-30-31-32-33-34-35-37-38-41-44-47-50-53-56-59-65(76)71(80)73-63(64(75)58-55-52-49-46-43-40-24-21-18-15-12-9-6-3)62-81-72-70(69(79)68(78)66(61-74)82-72)83-67(77)60-57-54-51-48-45-42-39-36-28-26-23-20-17-14-11-8-5-2/h25,27,55,58,63-66,68-70,72,74-76,78-79H,4-24,26,28-54,56-57,59-62H2,1-3H3,(H,73,80)/b27-25+,58-55+. The minimum atomic E-state index is -1.61. The van der Waals surface area contributed by atoms with Crippen molar-refractivity contribution in [2.45, 2.75) is 410 Å². The molecule has 8 unspecified atom stereocenters. The lowest BCUT2D eigenvalue weighted by Crippen LogP contribution is -2.61. The Hall–Kier alpha value is -1.86. The fraction of sp³-hybridized carbons (Fsp3) is 0.917. The number of rotatable bonds is 63. The van der Waals surface area contributed by atoms with Crippen molar-refractivity contribution in [1.29, 1.82) is 0 Å². The third-order valence-corrected chi connectivity index (χ3v) is 17.4. The van der Waals surface area contributed by atoms with Crippen molar-refractivity contribution >= 4 is 11.9 Å². The number of nitrogens with one attached hydrogen (secondary N) is 1. The van der Waals surface area contributed by atoms with Crippen LogP contribution >= 0.6 is 0 Å². The number of carbonyl (C=O) groups excluding carboxylic acids is 2. The van der Waals surface area contributed by atoms with Crippen molar-refractivity contribution in [3.8, 4) is 0 Å². The molecular formula is C72H137NO10. The number of carbonyl (C=O) groups is 2. The van der Waals surface area contributed by atoms with Gasteiger partial charge >= 0.3 is 5.97 Å². The van der Waals surface area contributed by atoms with Crippen molar-refractivity contribution in [3.63, 3.8) is 0 Å². The van der Waals surface area contributed by atoms with Gasteiger partial charge in [0.15, 0.2) is 12.4 Å². The summed E-state index contributed by atoms with van der Waals surface area (Å²) in [5.41, 5.74) is 0. The van der Waals surface area contributed by atoms with E-state index in [2.05, 4.69) is 38.2 Å². The summed E-state index contributed by atoms with van der Waals surface area (Å²) in [7, 11) is 0. The van der Waals surface area contributed by atoms with Crippen LogP contribution in [0.15, 0.2) is 24.3 Å². The average Bonchev–Trinajstić information content (AvgIpc) is 3.67. The number of allylic oxidation sites excluding steroid dienone is 3. The second kappa shape index (κ2) is 60.4. The number of unbranched alkanes of at least 4 members (excludes halogenated alkanes) is 47. The van der Waals surface area contributed by atoms with Crippen LogP contribution in [0.2, 0.25) is 0 Å². The molecule has 11 nitrogen and oxygen atoms in total. The van der Waals surface area contributed by atoms with Gasteiger partial charge in [0.2, 0.25) is 5.91 Å². The molecule has 1 rings (SSSR count). The number of ether oxygens (including phenoxy) is 3. The highest BCUT2D eigenvalue weighted by Crippen LogP contribution is 2.26. The van der Waals surface area contributed by atoms with E-state index in [1.807, 2.05) is 6.08 Å². The van der Waals surface area contributed by atoms with E-state index < -0.39 is 67.4 Å². The fourth-order valence-electron chi connectivity index (χ4n) is 11.7. The van der Waals surface area contributed by atoms with Gasteiger partial charge in [-0.2, -0.15) is 0 Å². The first-order valence-corrected chi connectivity index (χ1v) is 36.1. The van der Waals surface area contributed by atoms with Crippen LogP contribution in [0.1, 0.15) is 361 Å². The first-order valence-electron chi connectivity index (χ1n) is 36.1. The molecule has 1 amide bonds. The van der Waals surface area contributed by atoms with Crippen LogP contribution < -0.4 is 5.32 Å². The maximum absolute atomic E-state index is 13.5. The minimum Gasteiger partial charge on any atom is -0.454 e. The number of aliphatic hydroxyl groups is 5. The third-order valence-electron chi connectivity index (χ3n) is 17.4. The van der Waals surface area contributed by atoms with Crippen LogP contribution in [-0.2, 0) is 23.8 Å². The van der Waals surface area contributed by atoms with E-state index in [1.54, 1.807) is 6.08 Å². The van der Waals surface area contributed by atoms with Crippen molar-refractivity contribution in [2.75, 3.05) is 13.2 Å². The number of hydrogen-bond acceptors (Lipinski definition) is 10. The Morgan fingerprint density at radius 1 is 0.458 bits per heavy atom. The maximum atomic E-state index is 13.5. The van der Waals surface area contributed by atoms with E-state index in [0.29, 0.717) is 19.3 Å². The van der Waals surface area contributed by atoms with Gasteiger partial charge in [0.05, 0.1) is 25.4 Å². The molecule has 0 bridgehead atoms. The molecule has 490 valence electrons. The zero-order chi connectivity index (χ0) is 60.3. The molecule has 1 aliphatic rings. The Bertz CT molecular complexity index is 1450. The molecule has 0 aromatic heterocycles. The predicted molar refractivity (Wildman–Crippen MR) is 348 cm³/mol. The van der Waals surface area contributed by atoms with E-state index in [-0.39, 0.29) is 13.0 Å². The summed E-state index contributed by atoms with van der Waals surface area (Å²) in [6.45, 7) is 5.85. The van der Waals surface area contributed by atoms with Crippen LogP contribution in [0.3, 0.4) is 0 Å². The first kappa shape index (κ1) is 79.2. The van der Waals surface area contributed by atoms with Gasteiger partial charge in [0.25, 0.3) is 0 Å². The third kappa shape index (κ3) is 47.8. The van der Waals surface area contributed by atoms with Gasteiger partial charge in [-0.05, 0) is 51.4 Å². The number of hydrogen-bond donors (Lipinski definition) is 6. The molecule has 83 heavy (non-hydrogen) atoms. The quantitative estimate of drug-likeness (QED) is 0.0195. The van der Waals surface area contributed by atoms with Crippen LogP contribution in [0.4, 0.5) is 0 Å². The van der Waals surface area contributed by atoms with E-state index in [0.717, 1.165) is 57.8 Å². The van der Waals surface area contributed by atoms with Gasteiger partial charge in [-0.25, -0.2) is 0 Å². The molecule has 11 heteroatoms. The molecule has 0 aliphatic carbocycles. The monoisotopic (exact) mass is 1180 g/mol. The van der Waals surface area contributed by atoms with E-state index in [4.69, 9.17) is 14.2 Å². The van der Waals surface area contributed by atoms with Crippen LogP contribution in [0.5, 0.6) is 0 Å². The summed E-state index contributed by atoms with van der Waals surface area (Å²) in [6.07, 6.45) is 62.2. The Kier molecular flexibility index (Phi) is 57.6. The predicted octanol–water partition coefficient (Wildman–Crippen LogP) is 18.4. The zero-order valence-corrected chi connectivity index (χ0v) is 54.6. The molecular weight excluding hydrogens is 1040 g/mol. The van der Waals surface area contributed by atoms with Crippen molar-refractivity contribution in [3.05, 3.63) is 24.3 Å². The molecule has 1 aliphatic heterocycles. The molecule has 1 heterocycles. The Labute approximate surface area is 511 Å². The Balaban J connectivity index is 2.57. The molecule has 1 fully saturated rings. The highest BCUT2D eigenvalue weighted by molar-refractivity contribution is 5.80. The molecule has 0 aromatic rings. The summed E-state index contributed by atoms with van der Waals surface area (Å²) < 4.78 is 17.7. The Morgan fingerprint density at radius 2 is 0.795 bits per heavy atom. The molecule has 0 spiro atoms. The molecule has 0 saturated carbocycles. The normalized spacial score (nSPS) is 18.6. The lowest BCUT2D eigenvalue weighted by Gasteiger charge is -2.41. The lowest BCUT2D eigenvalue weighted by molar-refractivity contribution is -0.305. The Morgan fingerprint density at radius 3 is 1.17 bits per heavy atom. The zero-order valence-electron chi connectivity index (χ0n) is 54.6. The number of aliphatic hydroxyl groups excluding tert-OH is 5. The van der Waals surface area contributed by atoms with Gasteiger partial charge < -0.3 is 45.1 Å². The molecule has 0 aromatic carbocycles. The fourth-order valence-corrected chi connectivity index (χ4v) is 11.7. The summed E-state index contributed by atoms with van der Waals surface area (Å²) in [5, 5.41) is 57.3. The van der Waals surface area contributed by atoms with Crippen molar-refractivity contribution in [2.24, 2.45) is 0 Å². The van der Waals surface area contributed by atoms with Crippen molar-refractivity contribution < 1.29 is 49.3 Å². The lowest BCUT2D eigenvalue weighted by atomic mass is 9.99. The topological polar surface area (TPSA) is 175 Å². The second-order valence-corrected chi connectivity index (χ2v) is 25.3. The van der Waals surface area contributed by atoms with Gasteiger partial charge in [-0.1, -0.05) is 328 Å². The minimum absolute atomic E-state index is 0.131.